The van der Waals surface area contributed by atoms with Gasteiger partial charge in [0.1, 0.15) is 0 Å². The molecule has 0 saturated heterocycles. The van der Waals surface area contributed by atoms with Gasteiger partial charge in [0.15, 0.2) is 0 Å². The van der Waals surface area contributed by atoms with Crippen LogP contribution in [0, 0.1) is 10.8 Å². The Bertz CT molecular complexity index is 319. The maximum atomic E-state index is 11.6. The van der Waals surface area contributed by atoms with Crippen LogP contribution in [0.25, 0.3) is 0 Å². The molecule has 0 aliphatic heterocycles. The second-order valence-electron chi connectivity index (χ2n) is 5.46. The minimum absolute atomic E-state index is 0.0444. The molecule has 4 nitrogen and oxygen atoms in total. The Hall–Kier alpha value is -0.130. The molecule has 0 aromatic carbocycles. The van der Waals surface area contributed by atoms with E-state index in [4.69, 9.17) is 5.73 Å². The van der Waals surface area contributed by atoms with E-state index in [0.29, 0.717) is 13.0 Å². The predicted octanol–water partition coefficient (Wildman–Crippen LogP) is 0.689. The molecule has 1 fully saturated rings. The van der Waals surface area contributed by atoms with Crippen molar-refractivity contribution >= 4 is 10.0 Å². The SMILES string of the molecule is CC1(C)C(NS(=O)(=O)CCCN)C1(C)C. The quantitative estimate of drug-likeness (QED) is 0.735. The number of nitrogens with one attached hydrogen (secondary N) is 1. The summed E-state index contributed by atoms with van der Waals surface area (Å²) in [5, 5.41) is 0. The van der Waals surface area contributed by atoms with Crippen molar-refractivity contribution in [3.8, 4) is 0 Å². The molecule has 15 heavy (non-hydrogen) atoms. The Morgan fingerprint density at radius 1 is 1.20 bits per heavy atom. The van der Waals surface area contributed by atoms with Crippen LogP contribution >= 0.6 is 0 Å². The molecule has 5 heteroatoms. The molecule has 1 saturated carbocycles. The van der Waals surface area contributed by atoms with Crippen LogP contribution in [0.3, 0.4) is 0 Å². The van der Waals surface area contributed by atoms with Gasteiger partial charge in [0.25, 0.3) is 0 Å². The third-order valence-electron chi connectivity index (χ3n) is 3.94. The summed E-state index contributed by atoms with van der Waals surface area (Å²) >= 11 is 0. The predicted molar refractivity (Wildman–Crippen MR) is 61.9 cm³/mol. The molecule has 1 aliphatic carbocycles. The van der Waals surface area contributed by atoms with Crippen LogP contribution < -0.4 is 10.5 Å². The van der Waals surface area contributed by atoms with Gasteiger partial charge in [-0.25, -0.2) is 13.1 Å². The van der Waals surface area contributed by atoms with E-state index in [1.54, 1.807) is 0 Å². The van der Waals surface area contributed by atoms with Gasteiger partial charge in [-0.2, -0.15) is 0 Å². The van der Waals surface area contributed by atoms with E-state index in [2.05, 4.69) is 32.4 Å². The molecule has 90 valence electrons. The minimum atomic E-state index is -3.15. The maximum absolute atomic E-state index is 11.6. The Labute approximate surface area is 92.7 Å². The van der Waals surface area contributed by atoms with Crippen LogP contribution in [0.15, 0.2) is 0 Å². The van der Waals surface area contributed by atoms with Crippen LogP contribution in [0.2, 0.25) is 0 Å². The first-order chi connectivity index (χ1) is 6.65. The highest BCUT2D eigenvalue weighted by Gasteiger charge is 2.65. The van der Waals surface area contributed by atoms with Gasteiger partial charge in [-0.15, -0.1) is 0 Å². The van der Waals surface area contributed by atoms with E-state index in [9.17, 15) is 8.42 Å². The largest absolute Gasteiger partial charge is 0.330 e. The summed E-state index contributed by atoms with van der Waals surface area (Å²) in [7, 11) is -3.15. The Balaban J connectivity index is 2.58. The van der Waals surface area contributed by atoms with Crippen molar-refractivity contribution in [3.63, 3.8) is 0 Å². The fraction of sp³-hybridized carbons (Fsp3) is 1.00. The fourth-order valence-corrected chi connectivity index (χ4v) is 3.62. The summed E-state index contributed by atoms with van der Waals surface area (Å²) < 4.78 is 26.1. The summed E-state index contributed by atoms with van der Waals surface area (Å²) in [6.45, 7) is 8.76. The Kier molecular flexibility index (Phi) is 3.20. The molecule has 1 aliphatic rings. The van der Waals surface area contributed by atoms with Crippen molar-refractivity contribution in [2.24, 2.45) is 16.6 Å². The molecular weight excluding hydrogens is 212 g/mol. The second kappa shape index (κ2) is 3.71. The van der Waals surface area contributed by atoms with Gasteiger partial charge in [0, 0.05) is 6.04 Å². The highest BCUT2D eigenvalue weighted by atomic mass is 32.2. The van der Waals surface area contributed by atoms with Crippen molar-refractivity contribution in [3.05, 3.63) is 0 Å². The molecule has 0 amide bonds. The number of rotatable bonds is 5. The average Bonchev–Trinajstić information content (AvgIpc) is 2.45. The maximum Gasteiger partial charge on any atom is 0.211 e. The number of hydrogen-bond acceptors (Lipinski definition) is 3. The molecule has 0 unspecified atom stereocenters. The Morgan fingerprint density at radius 3 is 2.00 bits per heavy atom. The fourth-order valence-electron chi connectivity index (χ4n) is 2.00. The monoisotopic (exact) mass is 234 g/mol. The Morgan fingerprint density at radius 2 is 1.67 bits per heavy atom. The normalized spacial score (nSPS) is 24.1. The molecule has 0 aromatic heterocycles. The van der Waals surface area contributed by atoms with Crippen molar-refractivity contribution < 1.29 is 8.42 Å². The molecule has 0 aromatic rings. The van der Waals surface area contributed by atoms with E-state index in [1.807, 2.05) is 0 Å². The third kappa shape index (κ3) is 2.34. The number of sulfonamides is 1. The lowest BCUT2D eigenvalue weighted by Crippen LogP contribution is -2.32. The van der Waals surface area contributed by atoms with Gasteiger partial charge in [0.2, 0.25) is 10.0 Å². The van der Waals surface area contributed by atoms with Crippen LogP contribution in [0.5, 0.6) is 0 Å². The summed E-state index contributed by atoms with van der Waals surface area (Å²) in [5.41, 5.74) is 5.39. The summed E-state index contributed by atoms with van der Waals surface area (Å²) in [6.07, 6.45) is 0.517. The van der Waals surface area contributed by atoms with E-state index < -0.39 is 10.0 Å². The molecular formula is C10H22N2O2S. The van der Waals surface area contributed by atoms with Gasteiger partial charge in [0.05, 0.1) is 5.75 Å². The molecule has 1 rings (SSSR count). The first-order valence-corrected chi connectivity index (χ1v) is 7.00. The molecule has 0 heterocycles. The molecule has 0 bridgehead atoms. The lowest BCUT2D eigenvalue weighted by molar-refractivity contribution is 0.457. The lowest BCUT2D eigenvalue weighted by Gasteiger charge is -2.07. The van der Waals surface area contributed by atoms with Crippen LogP contribution in [0.4, 0.5) is 0 Å². The van der Waals surface area contributed by atoms with Crippen molar-refractivity contribution in [1.29, 1.82) is 0 Å². The topological polar surface area (TPSA) is 72.2 Å². The number of hydrogen-bond donors (Lipinski definition) is 2. The van der Waals surface area contributed by atoms with Crippen LogP contribution in [-0.4, -0.2) is 26.8 Å². The van der Waals surface area contributed by atoms with E-state index in [-0.39, 0.29) is 22.6 Å². The first-order valence-electron chi connectivity index (χ1n) is 5.35. The zero-order valence-corrected chi connectivity index (χ0v) is 10.8. The van der Waals surface area contributed by atoms with E-state index in [0.717, 1.165) is 0 Å². The van der Waals surface area contributed by atoms with Crippen molar-refractivity contribution in [1.82, 2.24) is 4.72 Å². The smallest absolute Gasteiger partial charge is 0.211 e. The van der Waals surface area contributed by atoms with Gasteiger partial charge >= 0.3 is 0 Å². The average molecular weight is 234 g/mol. The lowest BCUT2D eigenvalue weighted by atomic mass is 10.0. The van der Waals surface area contributed by atoms with Gasteiger partial charge in [-0.3, -0.25) is 0 Å². The highest BCUT2D eigenvalue weighted by Crippen LogP contribution is 2.62. The summed E-state index contributed by atoms with van der Waals surface area (Å²) in [6, 6.07) is 0.0489. The second-order valence-corrected chi connectivity index (χ2v) is 7.33. The zero-order chi connectivity index (χ0) is 11.9. The molecule has 0 atom stereocenters. The van der Waals surface area contributed by atoms with E-state index in [1.165, 1.54) is 0 Å². The first kappa shape index (κ1) is 12.9. The van der Waals surface area contributed by atoms with Gasteiger partial charge in [-0.05, 0) is 23.8 Å². The van der Waals surface area contributed by atoms with Crippen molar-refractivity contribution in [2.75, 3.05) is 12.3 Å². The summed E-state index contributed by atoms with van der Waals surface area (Å²) in [5.74, 6) is 0.131. The van der Waals surface area contributed by atoms with Crippen molar-refractivity contribution in [2.45, 2.75) is 40.2 Å². The third-order valence-corrected chi connectivity index (χ3v) is 5.36. The molecule has 0 spiro atoms. The minimum Gasteiger partial charge on any atom is -0.330 e. The summed E-state index contributed by atoms with van der Waals surface area (Å²) in [4.78, 5) is 0. The van der Waals surface area contributed by atoms with Crippen LogP contribution in [0.1, 0.15) is 34.1 Å². The standard InChI is InChI=1S/C10H22N2O2S/c1-9(2)8(10(9,3)4)12-15(13,14)7-5-6-11/h8,12H,5-7,11H2,1-4H3. The molecule has 3 N–H and O–H groups in total. The number of nitrogens with two attached hydrogens (primary N) is 1. The van der Waals surface area contributed by atoms with Gasteiger partial charge in [-0.1, -0.05) is 27.7 Å². The molecule has 0 radical (unpaired) electrons. The van der Waals surface area contributed by atoms with E-state index >= 15 is 0 Å². The zero-order valence-electron chi connectivity index (χ0n) is 10.0. The highest BCUT2D eigenvalue weighted by molar-refractivity contribution is 7.89. The van der Waals surface area contributed by atoms with Gasteiger partial charge < -0.3 is 5.73 Å². The van der Waals surface area contributed by atoms with Crippen LogP contribution in [-0.2, 0) is 10.0 Å².